The van der Waals surface area contributed by atoms with Crippen LogP contribution in [0.4, 0.5) is 5.13 Å². The van der Waals surface area contributed by atoms with E-state index in [1.165, 1.54) is 23.1 Å². The summed E-state index contributed by atoms with van der Waals surface area (Å²) < 4.78 is 1.10. The average Bonchev–Trinajstić information content (AvgIpc) is 3.02. The molecule has 0 spiro atoms. The van der Waals surface area contributed by atoms with Gasteiger partial charge in [-0.2, -0.15) is 0 Å². The number of thioether (sulfide) groups is 1. The molecule has 2 aromatic rings. The molecule has 0 bridgehead atoms. The van der Waals surface area contributed by atoms with Gasteiger partial charge in [0.1, 0.15) is 6.54 Å². The molecule has 1 aromatic carbocycles. The minimum Gasteiger partial charge on any atom is -0.323 e. The molecule has 3 rings (SSSR count). The first-order chi connectivity index (χ1) is 10.0. The van der Waals surface area contributed by atoms with Crippen molar-refractivity contribution in [3.63, 3.8) is 0 Å². The number of nitrogens with zero attached hydrogens (tertiary/aromatic N) is 2. The highest BCUT2D eigenvalue weighted by Crippen LogP contribution is 2.30. The number of aromatic nitrogens is 1. The molecule has 1 fully saturated rings. The van der Waals surface area contributed by atoms with Crippen molar-refractivity contribution in [3.8, 4) is 0 Å². The Labute approximate surface area is 130 Å². The Morgan fingerprint density at radius 1 is 1.38 bits per heavy atom. The van der Waals surface area contributed by atoms with Crippen molar-refractivity contribution in [3.05, 3.63) is 23.3 Å². The van der Waals surface area contributed by atoms with Gasteiger partial charge in [0.2, 0.25) is 11.8 Å². The molecule has 1 aliphatic rings. The Morgan fingerprint density at radius 3 is 2.81 bits per heavy atom. The van der Waals surface area contributed by atoms with Crippen molar-refractivity contribution in [2.24, 2.45) is 0 Å². The lowest BCUT2D eigenvalue weighted by atomic mass is 10.1. The number of thiazole rings is 1. The maximum atomic E-state index is 12.0. The van der Waals surface area contributed by atoms with Gasteiger partial charge in [0.25, 0.3) is 0 Å². The van der Waals surface area contributed by atoms with E-state index in [1.807, 2.05) is 19.9 Å². The number of aryl methyl sites for hydroxylation is 2. The topological polar surface area (TPSA) is 62.3 Å². The van der Waals surface area contributed by atoms with Crippen molar-refractivity contribution in [1.82, 2.24) is 9.88 Å². The van der Waals surface area contributed by atoms with Crippen LogP contribution in [0.2, 0.25) is 0 Å². The minimum absolute atomic E-state index is 0.0196. The third kappa shape index (κ3) is 2.89. The van der Waals surface area contributed by atoms with Crippen LogP contribution in [-0.4, -0.2) is 39.9 Å². The number of amides is 2. The first-order valence-corrected chi connectivity index (χ1v) is 8.54. The molecule has 0 aliphatic carbocycles. The molecule has 1 N–H and O–H groups in total. The van der Waals surface area contributed by atoms with Gasteiger partial charge >= 0.3 is 0 Å². The summed E-state index contributed by atoms with van der Waals surface area (Å²) in [5.41, 5.74) is 3.18. The predicted molar refractivity (Wildman–Crippen MR) is 86.8 cm³/mol. The fraction of sp³-hybridized carbons (Fsp3) is 0.357. The summed E-state index contributed by atoms with van der Waals surface area (Å²) in [5, 5.41) is 3.39. The first-order valence-electron chi connectivity index (χ1n) is 6.56. The van der Waals surface area contributed by atoms with E-state index in [-0.39, 0.29) is 18.4 Å². The number of benzene rings is 1. The van der Waals surface area contributed by atoms with Crippen molar-refractivity contribution >= 4 is 50.3 Å². The second-order valence-electron chi connectivity index (χ2n) is 5.01. The maximum Gasteiger partial charge on any atom is 0.245 e. The molecular weight excluding hydrogens is 306 g/mol. The number of nitrogens with one attached hydrogen (secondary N) is 1. The largest absolute Gasteiger partial charge is 0.323 e. The molecule has 0 atom stereocenters. The van der Waals surface area contributed by atoms with Gasteiger partial charge in [-0.1, -0.05) is 23.5 Å². The lowest BCUT2D eigenvalue weighted by molar-refractivity contribution is -0.130. The molecule has 1 saturated heterocycles. The molecule has 2 heterocycles. The van der Waals surface area contributed by atoms with Gasteiger partial charge in [-0.3, -0.25) is 9.59 Å². The lowest BCUT2D eigenvalue weighted by Crippen LogP contribution is -2.34. The summed E-state index contributed by atoms with van der Waals surface area (Å²) >= 11 is 3.00. The third-order valence-electron chi connectivity index (χ3n) is 3.35. The molecule has 2 amide bonds. The number of anilines is 1. The van der Waals surface area contributed by atoms with Crippen LogP contribution in [0.25, 0.3) is 10.2 Å². The lowest BCUT2D eigenvalue weighted by Gasteiger charge is -2.12. The van der Waals surface area contributed by atoms with E-state index in [1.54, 1.807) is 4.90 Å². The Bertz CT molecular complexity index is 687. The van der Waals surface area contributed by atoms with E-state index in [4.69, 9.17) is 0 Å². The Hall–Kier alpha value is -1.60. The van der Waals surface area contributed by atoms with Crippen LogP contribution in [0.3, 0.4) is 0 Å². The van der Waals surface area contributed by atoms with Crippen LogP contribution in [0, 0.1) is 13.8 Å². The van der Waals surface area contributed by atoms with E-state index in [0.29, 0.717) is 16.8 Å². The van der Waals surface area contributed by atoms with Gasteiger partial charge in [-0.05, 0) is 25.0 Å². The van der Waals surface area contributed by atoms with Crippen molar-refractivity contribution in [2.75, 3.05) is 23.5 Å². The molecule has 7 heteroatoms. The zero-order chi connectivity index (χ0) is 15.0. The summed E-state index contributed by atoms with van der Waals surface area (Å²) in [6.45, 7) is 4.14. The standard InChI is InChI=1S/C14H15N3O2S2/c1-8-3-4-9(2)13-12(8)16-14(21-13)15-10(18)5-17-7-20-6-11(17)19/h3-4H,5-7H2,1-2H3,(H,15,16,18). The van der Waals surface area contributed by atoms with Gasteiger partial charge < -0.3 is 10.2 Å². The van der Waals surface area contributed by atoms with E-state index in [2.05, 4.69) is 16.4 Å². The Balaban J connectivity index is 1.75. The maximum absolute atomic E-state index is 12.0. The molecular formula is C14H15N3O2S2. The quantitative estimate of drug-likeness (QED) is 0.943. The van der Waals surface area contributed by atoms with E-state index >= 15 is 0 Å². The molecule has 1 aliphatic heterocycles. The Kier molecular flexibility index (Phi) is 3.86. The molecule has 0 unspecified atom stereocenters. The van der Waals surface area contributed by atoms with Gasteiger partial charge in [0.05, 0.1) is 21.8 Å². The SMILES string of the molecule is Cc1ccc(C)c2sc(NC(=O)CN3CSCC3=O)nc12. The average molecular weight is 321 g/mol. The highest BCUT2D eigenvalue weighted by atomic mass is 32.2. The van der Waals surface area contributed by atoms with Crippen LogP contribution < -0.4 is 5.32 Å². The summed E-state index contributed by atoms with van der Waals surface area (Å²) in [5.74, 6) is 0.878. The smallest absolute Gasteiger partial charge is 0.245 e. The number of rotatable bonds is 3. The Morgan fingerprint density at radius 2 is 2.14 bits per heavy atom. The van der Waals surface area contributed by atoms with Gasteiger partial charge in [0.15, 0.2) is 5.13 Å². The molecule has 21 heavy (non-hydrogen) atoms. The molecule has 1 aromatic heterocycles. The number of hydrogen-bond acceptors (Lipinski definition) is 5. The van der Waals surface area contributed by atoms with Crippen molar-refractivity contribution < 1.29 is 9.59 Å². The molecule has 110 valence electrons. The van der Waals surface area contributed by atoms with Gasteiger partial charge in [-0.15, -0.1) is 11.8 Å². The normalized spacial score (nSPS) is 15.0. The van der Waals surface area contributed by atoms with Crippen molar-refractivity contribution in [2.45, 2.75) is 13.8 Å². The van der Waals surface area contributed by atoms with Crippen molar-refractivity contribution in [1.29, 1.82) is 0 Å². The third-order valence-corrected chi connectivity index (χ3v) is 5.40. The van der Waals surface area contributed by atoms with E-state index in [9.17, 15) is 9.59 Å². The minimum atomic E-state index is -0.194. The summed E-state index contributed by atoms with van der Waals surface area (Å²) in [7, 11) is 0. The zero-order valence-electron chi connectivity index (χ0n) is 11.8. The van der Waals surface area contributed by atoms with Gasteiger partial charge in [0, 0.05) is 0 Å². The summed E-state index contributed by atoms with van der Waals surface area (Å²) in [6, 6.07) is 4.09. The predicted octanol–water partition coefficient (Wildman–Crippen LogP) is 2.38. The van der Waals surface area contributed by atoms with Crippen LogP contribution >= 0.6 is 23.1 Å². The number of hydrogen-bond donors (Lipinski definition) is 1. The van der Waals surface area contributed by atoms with Crippen LogP contribution in [0.15, 0.2) is 12.1 Å². The first kappa shape index (κ1) is 14.3. The fourth-order valence-corrected chi connectivity index (χ4v) is 4.12. The molecule has 0 saturated carbocycles. The zero-order valence-corrected chi connectivity index (χ0v) is 13.4. The molecule has 0 radical (unpaired) electrons. The van der Waals surface area contributed by atoms with Crippen LogP contribution in [0.5, 0.6) is 0 Å². The second kappa shape index (κ2) is 5.65. The van der Waals surface area contributed by atoms with Crippen LogP contribution in [0.1, 0.15) is 11.1 Å². The highest BCUT2D eigenvalue weighted by Gasteiger charge is 2.23. The number of fused-ring (bicyclic) bond motifs is 1. The highest BCUT2D eigenvalue weighted by molar-refractivity contribution is 8.00. The van der Waals surface area contributed by atoms with Crippen LogP contribution in [-0.2, 0) is 9.59 Å². The van der Waals surface area contributed by atoms with E-state index in [0.717, 1.165) is 21.3 Å². The number of carbonyl (C=O) groups excluding carboxylic acids is 2. The fourth-order valence-electron chi connectivity index (χ4n) is 2.19. The second-order valence-corrected chi connectivity index (χ2v) is 6.97. The summed E-state index contributed by atoms with van der Waals surface area (Å²) in [4.78, 5) is 29.6. The van der Waals surface area contributed by atoms with Gasteiger partial charge in [-0.25, -0.2) is 4.98 Å². The monoisotopic (exact) mass is 321 g/mol. The van der Waals surface area contributed by atoms with E-state index < -0.39 is 0 Å². The molecule has 5 nitrogen and oxygen atoms in total. The summed E-state index contributed by atoms with van der Waals surface area (Å²) in [6.07, 6.45) is 0. The number of carbonyl (C=O) groups is 2.